The van der Waals surface area contributed by atoms with E-state index < -0.39 is 11.6 Å². The van der Waals surface area contributed by atoms with E-state index in [1.807, 2.05) is 6.07 Å². The molecular weight excluding hydrogens is 255 g/mol. The van der Waals surface area contributed by atoms with Gasteiger partial charge in [-0.15, -0.1) is 0 Å². The lowest BCUT2D eigenvalue weighted by Crippen LogP contribution is -2.11. The minimum atomic E-state index is -1.53. The van der Waals surface area contributed by atoms with Crippen LogP contribution in [0.15, 0.2) is 54.6 Å². The molecule has 0 aliphatic heterocycles. The summed E-state index contributed by atoms with van der Waals surface area (Å²) in [5.41, 5.74) is -0.405. The highest BCUT2D eigenvalue weighted by Crippen LogP contribution is 2.57. The van der Waals surface area contributed by atoms with Gasteiger partial charge in [-0.1, -0.05) is 42.5 Å². The highest BCUT2D eigenvalue weighted by Gasteiger charge is 2.60. The van der Waals surface area contributed by atoms with Crippen molar-refractivity contribution < 1.29 is 13.9 Å². The normalized spacial score (nSPS) is 24.2. The highest BCUT2D eigenvalue weighted by atomic mass is 19.1. The van der Waals surface area contributed by atoms with Crippen molar-refractivity contribution >= 4 is 5.78 Å². The average molecular weight is 270 g/mol. The van der Waals surface area contributed by atoms with Gasteiger partial charge in [-0.3, -0.25) is 4.79 Å². The lowest BCUT2D eigenvalue weighted by molar-refractivity contribution is 0.0935. The first-order valence-corrected chi connectivity index (χ1v) is 6.58. The maximum absolute atomic E-state index is 14.8. The topological polar surface area (TPSA) is 26.3 Å². The Bertz CT molecular complexity index is 621. The fourth-order valence-electron chi connectivity index (χ4n) is 2.53. The minimum absolute atomic E-state index is 0.121. The van der Waals surface area contributed by atoms with Gasteiger partial charge in [-0.25, -0.2) is 4.39 Å². The number of ether oxygens (including phenoxy) is 1. The summed E-state index contributed by atoms with van der Waals surface area (Å²) in [6.45, 7) is 0. The van der Waals surface area contributed by atoms with Crippen molar-refractivity contribution in [1.82, 2.24) is 0 Å². The van der Waals surface area contributed by atoms with Crippen LogP contribution in [0.5, 0.6) is 5.75 Å². The molecule has 1 saturated carbocycles. The van der Waals surface area contributed by atoms with Crippen molar-refractivity contribution in [1.29, 1.82) is 0 Å². The second-order valence-electron chi connectivity index (χ2n) is 5.08. The molecule has 0 heterocycles. The summed E-state index contributed by atoms with van der Waals surface area (Å²) < 4.78 is 19.9. The molecule has 3 heteroatoms. The number of hydrogen-bond acceptors (Lipinski definition) is 2. The van der Waals surface area contributed by atoms with Crippen LogP contribution >= 0.6 is 0 Å². The number of hydrogen-bond donors (Lipinski definition) is 0. The summed E-state index contributed by atoms with van der Waals surface area (Å²) >= 11 is 0. The van der Waals surface area contributed by atoms with Crippen LogP contribution < -0.4 is 4.74 Å². The maximum atomic E-state index is 14.8. The van der Waals surface area contributed by atoms with Crippen LogP contribution in [0.3, 0.4) is 0 Å². The third-order valence-electron chi connectivity index (χ3n) is 3.84. The molecule has 1 aliphatic rings. The van der Waals surface area contributed by atoms with Crippen molar-refractivity contribution in [2.24, 2.45) is 5.92 Å². The monoisotopic (exact) mass is 270 g/mol. The van der Waals surface area contributed by atoms with E-state index in [1.54, 1.807) is 55.6 Å². The van der Waals surface area contributed by atoms with Gasteiger partial charge >= 0.3 is 0 Å². The molecule has 102 valence electrons. The van der Waals surface area contributed by atoms with Gasteiger partial charge in [0.15, 0.2) is 5.78 Å². The molecular formula is C17H15FO2. The summed E-state index contributed by atoms with van der Waals surface area (Å²) in [5, 5.41) is 0. The Hall–Kier alpha value is -2.16. The van der Waals surface area contributed by atoms with E-state index in [4.69, 9.17) is 4.74 Å². The Labute approximate surface area is 117 Å². The lowest BCUT2D eigenvalue weighted by atomic mass is 10.0. The first-order valence-electron chi connectivity index (χ1n) is 6.58. The van der Waals surface area contributed by atoms with Gasteiger partial charge in [0.25, 0.3) is 0 Å². The molecule has 1 aliphatic carbocycles. The molecule has 0 saturated heterocycles. The maximum Gasteiger partial charge on any atom is 0.169 e. The van der Waals surface area contributed by atoms with Gasteiger partial charge in [0.1, 0.15) is 11.4 Å². The summed E-state index contributed by atoms with van der Waals surface area (Å²) in [6.07, 6.45) is 0.257. The Balaban J connectivity index is 1.81. The number of rotatable bonds is 4. The van der Waals surface area contributed by atoms with Crippen LogP contribution in [-0.2, 0) is 5.67 Å². The molecule has 0 amide bonds. The Morgan fingerprint density at radius 1 is 1.15 bits per heavy atom. The Morgan fingerprint density at radius 3 is 2.40 bits per heavy atom. The zero-order chi connectivity index (χ0) is 14.2. The van der Waals surface area contributed by atoms with Gasteiger partial charge in [0, 0.05) is 5.56 Å². The van der Waals surface area contributed by atoms with Crippen molar-refractivity contribution in [3.05, 3.63) is 65.7 Å². The molecule has 2 aromatic carbocycles. The van der Waals surface area contributed by atoms with Crippen molar-refractivity contribution in [3.63, 3.8) is 0 Å². The molecule has 2 atom stereocenters. The van der Waals surface area contributed by atoms with Gasteiger partial charge in [0.2, 0.25) is 0 Å². The molecule has 0 radical (unpaired) electrons. The van der Waals surface area contributed by atoms with Crippen LogP contribution in [0.2, 0.25) is 0 Å². The predicted octanol–water partition coefficient (Wildman–Crippen LogP) is 3.76. The van der Waals surface area contributed by atoms with Gasteiger partial charge < -0.3 is 4.74 Å². The summed E-state index contributed by atoms with van der Waals surface area (Å²) in [5.74, 6) is -0.00820. The molecule has 0 bridgehead atoms. The first-order chi connectivity index (χ1) is 9.65. The molecule has 0 N–H and O–H groups in total. The number of methoxy groups -OCH3 is 1. The van der Waals surface area contributed by atoms with E-state index in [9.17, 15) is 9.18 Å². The zero-order valence-electron chi connectivity index (χ0n) is 11.2. The number of alkyl halides is 1. The number of carbonyl (C=O) groups is 1. The fraction of sp³-hybridized carbons (Fsp3) is 0.235. The largest absolute Gasteiger partial charge is 0.497 e. The fourth-order valence-corrected chi connectivity index (χ4v) is 2.53. The SMILES string of the molecule is COc1ccc(C2(F)CC2C(=O)c2ccccc2)cc1. The van der Waals surface area contributed by atoms with Gasteiger partial charge in [0.05, 0.1) is 13.0 Å². The zero-order valence-corrected chi connectivity index (χ0v) is 11.2. The van der Waals surface area contributed by atoms with E-state index in [0.29, 0.717) is 16.9 Å². The smallest absolute Gasteiger partial charge is 0.169 e. The van der Waals surface area contributed by atoms with Crippen molar-refractivity contribution in [2.45, 2.75) is 12.1 Å². The quantitative estimate of drug-likeness (QED) is 0.791. The van der Waals surface area contributed by atoms with Crippen LogP contribution in [0.1, 0.15) is 22.3 Å². The number of halogens is 1. The van der Waals surface area contributed by atoms with E-state index in [0.717, 1.165) is 0 Å². The van der Waals surface area contributed by atoms with E-state index in [-0.39, 0.29) is 12.2 Å². The molecule has 2 aromatic rings. The molecule has 0 aromatic heterocycles. The average Bonchev–Trinajstić information content (AvgIpc) is 3.21. The number of ketones is 1. The third-order valence-corrected chi connectivity index (χ3v) is 3.84. The standard InChI is InChI=1S/C17H15FO2/c1-20-14-9-7-13(8-10-14)17(18)11-15(17)16(19)12-5-3-2-4-6-12/h2-10,15H,11H2,1H3. The lowest BCUT2D eigenvalue weighted by Gasteiger charge is -2.09. The van der Waals surface area contributed by atoms with Crippen molar-refractivity contribution in [3.8, 4) is 5.75 Å². The highest BCUT2D eigenvalue weighted by molar-refractivity contribution is 6.00. The van der Waals surface area contributed by atoms with E-state index in [2.05, 4.69) is 0 Å². The summed E-state index contributed by atoms with van der Waals surface area (Å²) in [6, 6.07) is 15.7. The number of benzene rings is 2. The number of Topliss-reactive ketones (excluding diaryl/α,β-unsaturated/α-hetero) is 1. The molecule has 1 fully saturated rings. The Kier molecular flexibility index (Phi) is 3.05. The van der Waals surface area contributed by atoms with Crippen LogP contribution in [0, 0.1) is 5.92 Å². The molecule has 3 rings (SSSR count). The summed E-state index contributed by atoms with van der Waals surface area (Å²) in [7, 11) is 1.57. The van der Waals surface area contributed by atoms with Gasteiger partial charge in [-0.2, -0.15) is 0 Å². The first kappa shape index (κ1) is 12.9. The Morgan fingerprint density at radius 2 is 1.80 bits per heavy atom. The van der Waals surface area contributed by atoms with E-state index >= 15 is 0 Å². The third kappa shape index (κ3) is 2.09. The minimum Gasteiger partial charge on any atom is -0.497 e. The second kappa shape index (κ2) is 4.75. The second-order valence-corrected chi connectivity index (χ2v) is 5.08. The van der Waals surface area contributed by atoms with Crippen molar-refractivity contribution in [2.75, 3.05) is 7.11 Å². The predicted molar refractivity (Wildman–Crippen MR) is 74.7 cm³/mol. The van der Waals surface area contributed by atoms with Crippen LogP contribution in [0.4, 0.5) is 4.39 Å². The summed E-state index contributed by atoms with van der Waals surface area (Å²) in [4.78, 5) is 12.3. The van der Waals surface area contributed by atoms with E-state index in [1.165, 1.54) is 0 Å². The molecule has 20 heavy (non-hydrogen) atoms. The van der Waals surface area contributed by atoms with Gasteiger partial charge in [-0.05, 0) is 24.1 Å². The van der Waals surface area contributed by atoms with Crippen LogP contribution in [-0.4, -0.2) is 12.9 Å². The number of carbonyl (C=O) groups excluding carboxylic acids is 1. The molecule has 0 spiro atoms. The van der Waals surface area contributed by atoms with Crippen LogP contribution in [0.25, 0.3) is 0 Å². The molecule has 2 unspecified atom stereocenters. The molecule has 2 nitrogen and oxygen atoms in total.